The van der Waals surface area contributed by atoms with Crippen LogP contribution in [0.2, 0.25) is 0 Å². The second-order valence-electron chi connectivity index (χ2n) is 4.48. The minimum Gasteiger partial charge on any atom is -0.494 e. The third-order valence-electron chi connectivity index (χ3n) is 3.06. The van der Waals surface area contributed by atoms with E-state index in [2.05, 4.69) is 51.6 Å². The summed E-state index contributed by atoms with van der Waals surface area (Å²) in [6.07, 6.45) is 3.25. The summed E-state index contributed by atoms with van der Waals surface area (Å²) >= 11 is 4.32. The fourth-order valence-electron chi connectivity index (χ4n) is 2.03. The van der Waals surface area contributed by atoms with Gasteiger partial charge in [-0.2, -0.15) is 12.6 Å². The maximum atomic E-state index is 5.68. The van der Waals surface area contributed by atoms with Crippen molar-refractivity contribution in [1.29, 1.82) is 0 Å². The van der Waals surface area contributed by atoms with Crippen molar-refractivity contribution in [3.63, 3.8) is 0 Å². The molecule has 0 saturated carbocycles. The Morgan fingerprint density at radius 2 is 2.06 bits per heavy atom. The second-order valence-corrected chi connectivity index (χ2v) is 4.92. The Balaban J connectivity index is 2.84. The first-order chi connectivity index (χ1) is 8.22. The van der Waals surface area contributed by atoms with E-state index >= 15 is 0 Å². The summed E-state index contributed by atoms with van der Waals surface area (Å²) in [5, 5.41) is 0. The molecule has 0 heterocycles. The van der Waals surface area contributed by atoms with E-state index in [0.717, 1.165) is 37.4 Å². The molecule has 0 aromatic heterocycles. The molecular formula is C15H24OS. The number of rotatable bonds is 7. The van der Waals surface area contributed by atoms with Crippen molar-refractivity contribution in [2.75, 3.05) is 12.4 Å². The van der Waals surface area contributed by atoms with Gasteiger partial charge in [0.1, 0.15) is 5.75 Å². The van der Waals surface area contributed by atoms with Crippen LogP contribution >= 0.6 is 12.6 Å². The summed E-state index contributed by atoms with van der Waals surface area (Å²) < 4.78 is 5.68. The molecule has 0 saturated heterocycles. The molecule has 0 aliphatic heterocycles. The lowest BCUT2D eigenvalue weighted by Crippen LogP contribution is -2.02. The fraction of sp³-hybridized carbons (Fsp3) is 0.600. The molecule has 1 nitrogen and oxygen atoms in total. The van der Waals surface area contributed by atoms with Gasteiger partial charge in [0.05, 0.1) is 6.61 Å². The smallest absolute Gasteiger partial charge is 0.119 e. The van der Waals surface area contributed by atoms with E-state index in [-0.39, 0.29) is 0 Å². The number of thiol groups is 1. The minimum atomic E-state index is 0.586. The summed E-state index contributed by atoms with van der Waals surface area (Å²) in [7, 11) is 0. The Morgan fingerprint density at radius 1 is 1.29 bits per heavy atom. The van der Waals surface area contributed by atoms with Gasteiger partial charge in [-0.3, -0.25) is 0 Å². The summed E-state index contributed by atoms with van der Waals surface area (Å²) in [6.45, 7) is 7.41. The number of hydrogen-bond acceptors (Lipinski definition) is 2. The van der Waals surface area contributed by atoms with Crippen LogP contribution in [0.4, 0.5) is 0 Å². The summed E-state index contributed by atoms with van der Waals surface area (Å²) in [5.74, 6) is 2.53. The summed E-state index contributed by atoms with van der Waals surface area (Å²) in [4.78, 5) is 0. The standard InChI is InChI=1S/C15H24OS/c1-4-9-16-14-6-7-15(12(3)8-10-17)13(5-2)11-14/h6-7,11-12,17H,4-5,8-10H2,1-3H3. The van der Waals surface area contributed by atoms with Crippen LogP contribution in [0.5, 0.6) is 5.75 Å². The minimum absolute atomic E-state index is 0.586. The van der Waals surface area contributed by atoms with Gasteiger partial charge in [-0.25, -0.2) is 0 Å². The van der Waals surface area contributed by atoms with Gasteiger partial charge >= 0.3 is 0 Å². The zero-order valence-electron chi connectivity index (χ0n) is 11.2. The van der Waals surface area contributed by atoms with Crippen LogP contribution in [0.1, 0.15) is 50.7 Å². The summed E-state index contributed by atoms with van der Waals surface area (Å²) in [5.41, 5.74) is 2.86. The van der Waals surface area contributed by atoms with E-state index in [1.54, 1.807) is 0 Å². The molecular weight excluding hydrogens is 228 g/mol. The van der Waals surface area contributed by atoms with Crippen LogP contribution in [-0.4, -0.2) is 12.4 Å². The normalized spacial score (nSPS) is 12.5. The maximum absolute atomic E-state index is 5.68. The first kappa shape index (κ1) is 14.4. The Bertz CT molecular complexity index is 336. The molecule has 2 heteroatoms. The molecule has 17 heavy (non-hydrogen) atoms. The fourth-order valence-corrected chi connectivity index (χ4v) is 2.42. The monoisotopic (exact) mass is 252 g/mol. The molecule has 1 aromatic rings. The van der Waals surface area contributed by atoms with E-state index < -0.39 is 0 Å². The van der Waals surface area contributed by atoms with E-state index in [1.165, 1.54) is 11.1 Å². The average molecular weight is 252 g/mol. The Hall–Kier alpha value is -0.630. The van der Waals surface area contributed by atoms with Crippen LogP contribution in [0.3, 0.4) is 0 Å². The molecule has 0 fully saturated rings. The quantitative estimate of drug-likeness (QED) is 0.705. The SMILES string of the molecule is CCCOc1ccc(C(C)CCS)c(CC)c1. The van der Waals surface area contributed by atoms with Crippen molar-refractivity contribution >= 4 is 12.6 Å². The summed E-state index contributed by atoms with van der Waals surface area (Å²) in [6, 6.07) is 6.51. The van der Waals surface area contributed by atoms with Gasteiger partial charge in [0, 0.05) is 0 Å². The highest BCUT2D eigenvalue weighted by Crippen LogP contribution is 2.27. The number of ether oxygens (including phenoxy) is 1. The third-order valence-corrected chi connectivity index (χ3v) is 3.32. The van der Waals surface area contributed by atoms with Gasteiger partial charge in [0.2, 0.25) is 0 Å². The molecule has 1 aromatic carbocycles. The Morgan fingerprint density at radius 3 is 2.65 bits per heavy atom. The van der Waals surface area contributed by atoms with Gasteiger partial charge in [-0.15, -0.1) is 0 Å². The number of aryl methyl sites for hydroxylation is 1. The molecule has 1 atom stereocenters. The van der Waals surface area contributed by atoms with Gasteiger partial charge < -0.3 is 4.74 Å². The lowest BCUT2D eigenvalue weighted by Gasteiger charge is -2.16. The molecule has 1 unspecified atom stereocenters. The molecule has 96 valence electrons. The third kappa shape index (κ3) is 4.27. The largest absolute Gasteiger partial charge is 0.494 e. The van der Waals surface area contributed by atoms with Crippen molar-refractivity contribution < 1.29 is 4.74 Å². The molecule has 0 bridgehead atoms. The van der Waals surface area contributed by atoms with Crippen LogP contribution < -0.4 is 4.74 Å². The van der Waals surface area contributed by atoms with Crippen LogP contribution in [0.15, 0.2) is 18.2 Å². The van der Waals surface area contributed by atoms with Gasteiger partial charge in [0.25, 0.3) is 0 Å². The zero-order valence-corrected chi connectivity index (χ0v) is 12.1. The van der Waals surface area contributed by atoms with Gasteiger partial charge in [-0.1, -0.05) is 26.8 Å². The van der Waals surface area contributed by atoms with Crippen molar-refractivity contribution in [3.8, 4) is 5.75 Å². The van der Waals surface area contributed by atoms with Crippen molar-refractivity contribution in [2.45, 2.75) is 46.0 Å². The van der Waals surface area contributed by atoms with E-state index in [1.807, 2.05) is 0 Å². The average Bonchev–Trinajstić information content (AvgIpc) is 2.36. The highest BCUT2D eigenvalue weighted by atomic mass is 32.1. The molecule has 0 amide bonds. The van der Waals surface area contributed by atoms with Crippen LogP contribution in [-0.2, 0) is 6.42 Å². The highest BCUT2D eigenvalue weighted by molar-refractivity contribution is 7.80. The van der Waals surface area contributed by atoms with E-state index in [0.29, 0.717) is 5.92 Å². The van der Waals surface area contributed by atoms with E-state index in [4.69, 9.17) is 4.74 Å². The van der Waals surface area contributed by atoms with E-state index in [9.17, 15) is 0 Å². The Kier molecular flexibility index (Phi) is 6.49. The lowest BCUT2D eigenvalue weighted by atomic mass is 9.92. The highest BCUT2D eigenvalue weighted by Gasteiger charge is 2.10. The zero-order chi connectivity index (χ0) is 12.7. The number of benzene rings is 1. The predicted molar refractivity (Wildman–Crippen MR) is 78.5 cm³/mol. The van der Waals surface area contributed by atoms with Crippen molar-refractivity contribution in [1.82, 2.24) is 0 Å². The first-order valence-corrected chi connectivity index (χ1v) is 7.22. The Labute approximate surface area is 111 Å². The molecule has 1 rings (SSSR count). The second kappa shape index (κ2) is 7.65. The van der Waals surface area contributed by atoms with Gasteiger partial charge in [-0.05, 0) is 54.2 Å². The molecule has 0 aliphatic rings. The maximum Gasteiger partial charge on any atom is 0.119 e. The molecule has 0 N–H and O–H groups in total. The lowest BCUT2D eigenvalue weighted by molar-refractivity contribution is 0.317. The molecule has 0 spiro atoms. The van der Waals surface area contributed by atoms with Crippen LogP contribution in [0, 0.1) is 0 Å². The molecule has 0 radical (unpaired) electrons. The van der Waals surface area contributed by atoms with Gasteiger partial charge in [0.15, 0.2) is 0 Å². The number of hydrogen-bond donors (Lipinski definition) is 1. The first-order valence-electron chi connectivity index (χ1n) is 6.59. The van der Waals surface area contributed by atoms with Crippen LogP contribution in [0.25, 0.3) is 0 Å². The molecule has 0 aliphatic carbocycles. The predicted octanol–water partition coefficient (Wildman–Crippen LogP) is 4.46. The van der Waals surface area contributed by atoms with Crippen molar-refractivity contribution in [2.24, 2.45) is 0 Å². The topological polar surface area (TPSA) is 9.23 Å². The van der Waals surface area contributed by atoms with Crippen molar-refractivity contribution in [3.05, 3.63) is 29.3 Å².